The van der Waals surface area contributed by atoms with Crippen molar-refractivity contribution in [3.8, 4) is 0 Å². The summed E-state index contributed by atoms with van der Waals surface area (Å²) in [6.07, 6.45) is 0.899. The van der Waals surface area contributed by atoms with E-state index in [1.165, 1.54) is 0 Å². The van der Waals surface area contributed by atoms with Gasteiger partial charge < -0.3 is 4.90 Å². The van der Waals surface area contributed by atoms with Crippen LogP contribution in [0, 0.1) is 5.41 Å². The Morgan fingerprint density at radius 2 is 1.82 bits per heavy atom. The molecule has 2 heteroatoms. The van der Waals surface area contributed by atoms with Crippen LogP contribution < -0.4 is 0 Å². The Balaban J connectivity index is 4.23. The van der Waals surface area contributed by atoms with Crippen molar-refractivity contribution in [2.24, 2.45) is 5.41 Å². The number of carbonyl (C=O) groups excluding carboxylic acids is 1. The van der Waals surface area contributed by atoms with Gasteiger partial charge in [0.05, 0.1) is 0 Å². The van der Waals surface area contributed by atoms with Gasteiger partial charge in [-0.05, 0) is 13.3 Å². The van der Waals surface area contributed by atoms with E-state index in [1.54, 1.807) is 4.90 Å². The molecule has 0 aromatic carbocycles. The minimum Gasteiger partial charge on any atom is -0.346 e. The highest BCUT2D eigenvalue weighted by molar-refractivity contribution is 5.81. The average molecular weight is 157 g/mol. The van der Waals surface area contributed by atoms with Crippen LogP contribution in [0.25, 0.3) is 0 Å². The minimum atomic E-state index is -0.190. The zero-order valence-corrected chi connectivity index (χ0v) is 8.27. The third-order valence-corrected chi connectivity index (χ3v) is 2.28. The standard InChI is InChI=1S/C9H19NO/c1-6-9(3,4)8(11)10(5)7-2/h6-7H2,1-5H3. The molecule has 0 aromatic heterocycles. The highest BCUT2D eigenvalue weighted by atomic mass is 16.2. The van der Waals surface area contributed by atoms with Crippen molar-refractivity contribution in [2.45, 2.75) is 34.1 Å². The van der Waals surface area contributed by atoms with Gasteiger partial charge in [-0.2, -0.15) is 0 Å². The van der Waals surface area contributed by atoms with Crippen LogP contribution in [0.3, 0.4) is 0 Å². The number of carbonyl (C=O) groups is 1. The molecule has 0 aliphatic heterocycles. The summed E-state index contributed by atoms with van der Waals surface area (Å²) in [6.45, 7) is 8.80. The average Bonchev–Trinajstić information content (AvgIpc) is 2.01. The zero-order chi connectivity index (χ0) is 9.07. The lowest BCUT2D eigenvalue weighted by Crippen LogP contribution is -2.37. The summed E-state index contributed by atoms with van der Waals surface area (Å²) in [5.74, 6) is 0.238. The van der Waals surface area contributed by atoms with Gasteiger partial charge in [-0.15, -0.1) is 0 Å². The molecule has 0 rings (SSSR count). The van der Waals surface area contributed by atoms with Crippen LogP contribution in [-0.2, 0) is 4.79 Å². The van der Waals surface area contributed by atoms with E-state index in [2.05, 4.69) is 0 Å². The van der Waals surface area contributed by atoms with Crippen molar-refractivity contribution in [1.82, 2.24) is 4.90 Å². The van der Waals surface area contributed by atoms with Crippen LogP contribution in [0.1, 0.15) is 34.1 Å². The molecule has 0 bridgehead atoms. The van der Waals surface area contributed by atoms with Crippen molar-refractivity contribution in [3.63, 3.8) is 0 Å². The molecule has 1 amide bonds. The van der Waals surface area contributed by atoms with Gasteiger partial charge in [0, 0.05) is 19.0 Å². The lowest BCUT2D eigenvalue weighted by Gasteiger charge is -2.27. The Morgan fingerprint density at radius 3 is 2.09 bits per heavy atom. The van der Waals surface area contributed by atoms with Crippen molar-refractivity contribution in [2.75, 3.05) is 13.6 Å². The molecule has 0 radical (unpaired) electrons. The number of amides is 1. The van der Waals surface area contributed by atoms with Crippen molar-refractivity contribution >= 4 is 5.91 Å². The largest absolute Gasteiger partial charge is 0.346 e. The molecule has 0 atom stereocenters. The van der Waals surface area contributed by atoms with Gasteiger partial charge in [-0.1, -0.05) is 20.8 Å². The molecule has 0 aliphatic carbocycles. The fraction of sp³-hybridized carbons (Fsp3) is 0.889. The highest BCUT2D eigenvalue weighted by Gasteiger charge is 2.27. The maximum atomic E-state index is 11.6. The highest BCUT2D eigenvalue weighted by Crippen LogP contribution is 2.21. The molecular formula is C9H19NO. The molecule has 0 aliphatic rings. The second-order valence-electron chi connectivity index (χ2n) is 3.56. The van der Waals surface area contributed by atoms with Crippen molar-refractivity contribution in [1.29, 1.82) is 0 Å². The Labute approximate surface area is 69.6 Å². The summed E-state index contributed by atoms with van der Waals surface area (Å²) in [4.78, 5) is 13.3. The first kappa shape index (κ1) is 10.5. The SMILES string of the molecule is CCN(C)C(=O)C(C)(C)CC. The second-order valence-corrected chi connectivity index (χ2v) is 3.56. The van der Waals surface area contributed by atoms with E-state index in [4.69, 9.17) is 0 Å². The quantitative estimate of drug-likeness (QED) is 0.612. The molecule has 0 N–H and O–H groups in total. The Hall–Kier alpha value is -0.530. The molecule has 0 aromatic rings. The number of hydrogen-bond acceptors (Lipinski definition) is 1. The monoisotopic (exact) mass is 157 g/mol. The van der Waals surface area contributed by atoms with Gasteiger partial charge in [0.15, 0.2) is 0 Å². The third-order valence-electron chi connectivity index (χ3n) is 2.28. The second kappa shape index (κ2) is 3.74. The number of rotatable bonds is 3. The summed E-state index contributed by atoms with van der Waals surface area (Å²) >= 11 is 0. The van der Waals surface area contributed by atoms with E-state index in [-0.39, 0.29) is 11.3 Å². The summed E-state index contributed by atoms with van der Waals surface area (Å²) in [5, 5.41) is 0. The van der Waals surface area contributed by atoms with Crippen LogP contribution in [0.5, 0.6) is 0 Å². The van der Waals surface area contributed by atoms with E-state index in [9.17, 15) is 4.79 Å². The first-order valence-electron chi connectivity index (χ1n) is 4.21. The van der Waals surface area contributed by atoms with E-state index >= 15 is 0 Å². The van der Waals surface area contributed by atoms with E-state index < -0.39 is 0 Å². The van der Waals surface area contributed by atoms with Gasteiger partial charge in [-0.25, -0.2) is 0 Å². The van der Waals surface area contributed by atoms with Crippen LogP contribution >= 0.6 is 0 Å². The van der Waals surface area contributed by atoms with Crippen LogP contribution in [0.4, 0.5) is 0 Å². The first-order valence-corrected chi connectivity index (χ1v) is 4.21. The molecule has 2 nitrogen and oxygen atoms in total. The molecule has 0 saturated carbocycles. The molecule has 11 heavy (non-hydrogen) atoms. The molecule has 0 heterocycles. The maximum Gasteiger partial charge on any atom is 0.227 e. The van der Waals surface area contributed by atoms with Crippen LogP contribution in [-0.4, -0.2) is 24.4 Å². The van der Waals surface area contributed by atoms with Crippen molar-refractivity contribution < 1.29 is 4.79 Å². The van der Waals surface area contributed by atoms with Crippen LogP contribution in [0.15, 0.2) is 0 Å². The van der Waals surface area contributed by atoms with Gasteiger partial charge in [0.25, 0.3) is 0 Å². The lowest BCUT2D eigenvalue weighted by atomic mass is 9.89. The Morgan fingerprint density at radius 1 is 1.36 bits per heavy atom. The number of hydrogen-bond donors (Lipinski definition) is 0. The Bertz CT molecular complexity index is 140. The van der Waals surface area contributed by atoms with Gasteiger partial charge in [0.1, 0.15) is 0 Å². The van der Waals surface area contributed by atoms with Crippen molar-refractivity contribution in [3.05, 3.63) is 0 Å². The van der Waals surface area contributed by atoms with Gasteiger partial charge in [0.2, 0.25) is 5.91 Å². The summed E-state index contributed by atoms with van der Waals surface area (Å²) < 4.78 is 0. The maximum absolute atomic E-state index is 11.6. The summed E-state index contributed by atoms with van der Waals surface area (Å²) in [6, 6.07) is 0. The predicted molar refractivity (Wildman–Crippen MR) is 47.4 cm³/mol. The summed E-state index contributed by atoms with van der Waals surface area (Å²) in [7, 11) is 1.85. The molecule has 0 fully saturated rings. The molecule has 0 saturated heterocycles. The lowest BCUT2D eigenvalue weighted by molar-refractivity contribution is -0.138. The molecular weight excluding hydrogens is 138 g/mol. The fourth-order valence-electron chi connectivity index (χ4n) is 0.812. The normalized spacial score (nSPS) is 11.4. The van der Waals surface area contributed by atoms with Gasteiger partial charge >= 0.3 is 0 Å². The smallest absolute Gasteiger partial charge is 0.227 e. The predicted octanol–water partition coefficient (Wildman–Crippen LogP) is 1.90. The zero-order valence-electron chi connectivity index (χ0n) is 8.27. The molecule has 66 valence electrons. The minimum absolute atomic E-state index is 0.190. The van der Waals surface area contributed by atoms with E-state index in [1.807, 2.05) is 34.7 Å². The number of nitrogens with zero attached hydrogens (tertiary/aromatic N) is 1. The van der Waals surface area contributed by atoms with Crippen LogP contribution in [0.2, 0.25) is 0 Å². The van der Waals surface area contributed by atoms with E-state index in [0.717, 1.165) is 13.0 Å². The Kier molecular flexibility index (Phi) is 3.56. The fourth-order valence-corrected chi connectivity index (χ4v) is 0.812. The topological polar surface area (TPSA) is 20.3 Å². The molecule has 0 spiro atoms. The summed E-state index contributed by atoms with van der Waals surface area (Å²) in [5.41, 5.74) is -0.190. The molecule has 0 unspecified atom stereocenters. The van der Waals surface area contributed by atoms with E-state index in [0.29, 0.717) is 0 Å². The first-order chi connectivity index (χ1) is 4.95. The van der Waals surface area contributed by atoms with Gasteiger partial charge in [-0.3, -0.25) is 4.79 Å². The third kappa shape index (κ3) is 2.52.